The number of aromatic nitrogens is 2. The van der Waals surface area contributed by atoms with E-state index in [1.54, 1.807) is 11.3 Å². The molecule has 5 nitrogen and oxygen atoms in total. The number of hydrogen-bond acceptors (Lipinski definition) is 5. The molecule has 1 fully saturated rings. The summed E-state index contributed by atoms with van der Waals surface area (Å²) in [5, 5.41) is 5.91. The molecule has 0 spiro atoms. The maximum absolute atomic E-state index is 12.4. The summed E-state index contributed by atoms with van der Waals surface area (Å²) in [6, 6.07) is 15.8. The highest BCUT2D eigenvalue weighted by atomic mass is 32.1. The fraction of sp³-hybridized carbons (Fsp3) is 0.227. The average Bonchev–Trinajstić information content (AvgIpc) is 3.32. The van der Waals surface area contributed by atoms with Gasteiger partial charge in [-0.05, 0) is 30.5 Å². The summed E-state index contributed by atoms with van der Waals surface area (Å²) in [6.07, 6.45) is 3.35. The first-order valence-electron chi connectivity index (χ1n) is 9.40. The fourth-order valence-electron chi connectivity index (χ4n) is 3.18. The molecule has 0 unspecified atom stereocenters. The predicted molar refractivity (Wildman–Crippen MR) is 110 cm³/mol. The van der Waals surface area contributed by atoms with E-state index in [1.165, 1.54) is 5.56 Å². The first-order valence-corrected chi connectivity index (χ1v) is 10.3. The molecule has 1 saturated carbocycles. The van der Waals surface area contributed by atoms with Crippen molar-refractivity contribution in [2.45, 2.75) is 31.6 Å². The summed E-state index contributed by atoms with van der Waals surface area (Å²) in [5.74, 6) is 1.20. The molecule has 2 heterocycles. The number of thiazole rings is 1. The molecule has 6 heteroatoms. The van der Waals surface area contributed by atoms with Crippen LogP contribution >= 0.6 is 11.3 Å². The van der Waals surface area contributed by atoms with Gasteiger partial charge in [0.2, 0.25) is 5.91 Å². The molecule has 0 atom stereocenters. The van der Waals surface area contributed by atoms with E-state index in [1.807, 2.05) is 41.8 Å². The second kappa shape index (κ2) is 7.20. The van der Waals surface area contributed by atoms with Gasteiger partial charge in [0, 0.05) is 29.5 Å². The molecule has 0 saturated heterocycles. The van der Waals surface area contributed by atoms with Crippen molar-refractivity contribution >= 4 is 34.0 Å². The molecule has 5 rings (SSSR count). The van der Waals surface area contributed by atoms with Crippen molar-refractivity contribution in [3.63, 3.8) is 0 Å². The van der Waals surface area contributed by atoms with Gasteiger partial charge in [-0.15, -0.1) is 11.3 Å². The maximum atomic E-state index is 12.4. The summed E-state index contributed by atoms with van der Waals surface area (Å²) in [4.78, 5) is 21.5. The lowest BCUT2D eigenvalue weighted by atomic mass is 10.2. The van der Waals surface area contributed by atoms with Crippen molar-refractivity contribution in [1.29, 1.82) is 0 Å². The predicted octanol–water partition coefficient (Wildman–Crippen LogP) is 4.93. The van der Waals surface area contributed by atoms with Crippen LogP contribution in [-0.2, 0) is 17.6 Å². The Kier molecular flexibility index (Phi) is 4.41. The Morgan fingerprint density at radius 3 is 2.82 bits per heavy atom. The van der Waals surface area contributed by atoms with Crippen LogP contribution in [0.4, 0.5) is 5.69 Å². The van der Waals surface area contributed by atoms with Gasteiger partial charge in [0.15, 0.2) is 11.5 Å². The number of amides is 1. The minimum atomic E-state index is -0.0853. The Bertz CT molecular complexity index is 1130. The molecule has 0 bridgehead atoms. The fourth-order valence-corrected chi connectivity index (χ4v) is 4.00. The van der Waals surface area contributed by atoms with Gasteiger partial charge in [0.05, 0.1) is 17.1 Å². The highest BCUT2D eigenvalue weighted by Gasteiger charge is 2.28. The van der Waals surface area contributed by atoms with E-state index >= 15 is 0 Å². The van der Waals surface area contributed by atoms with Gasteiger partial charge >= 0.3 is 0 Å². The van der Waals surface area contributed by atoms with Gasteiger partial charge in [0.1, 0.15) is 5.52 Å². The summed E-state index contributed by atoms with van der Waals surface area (Å²) < 4.78 is 5.82. The summed E-state index contributed by atoms with van der Waals surface area (Å²) >= 11 is 1.59. The first kappa shape index (κ1) is 17.1. The normalized spacial score (nSPS) is 13.7. The van der Waals surface area contributed by atoms with Gasteiger partial charge < -0.3 is 9.73 Å². The molecule has 2 aromatic heterocycles. The number of rotatable bonds is 6. The number of carbonyl (C=O) groups is 1. The molecule has 1 aliphatic carbocycles. The number of carbonyl (C=O) groups excluding carboxylic acids is 1. The van der Waals surface area contributed by atoms with E-state index in [-0.39, 0.29) is 12.3 Å². The number of nitrogens with zero attached hydrogens (tertiary/aromatic N) is 2. The molecule has 2 aromatic carbocycles. The van der Waals surface area contributed by atoms with Gasteiger partial charge in [-0.3, -0.25) is 4.79 Å². The van der Waals surface area contributed by atoms with Gasteiger partial charge in [-0.1, -0.05) is 30.3 Å². The van der Waals surface area contributed by atoms with Crippen LogP contribution in [0.5, 0.6) is 0 Å². The Morgan fingerprint density at radius 1 is 1.14 bits per heavy atom. The van der Waals surface area contributed by atoms with Crippen LogP contribution in [0.2, 0.25) is 0 Å². The molecule has 4 aromatic rings. The second-order valence-electron chi connectivity index (χ2n) is 7.13. The highest BCUT2D eigenvalue weighted by Crippen LogP contribution is 2.40. The van der Waals surface area contributed by atoms with Gasteiger partial charge in [-0.25, -0.2) is 9.97 Å². The zero-order valence-corrected chi connectivity index (χ0v) is 16.0. The number of fused-ring (bicyclic) bond motifs is 1. The van der Waals surface area contributed by atoms with E-state index in [4.69, 9.17) is 4.42 Å². The van der Waals surface area contributed by atoms with Crippen molar-refractivity contribution in [3.05, 3.63) is 76.1 Å². The van der Waals surface area contributed by atoms with E-state index in [0.717, 1.165) is 52.6 Å². The summed E-state index contributed by atoms with van der Waals surface area (Å²) in [7, 11) is 0. The number of anilines is 1. The molecule has 28 heavy (non-hydrogen) atoms. The van der Waals surface area contributed by atoms with Gasteiger partial charge in [-0.2, -0.15) is 0 Å². The number of oxazole rings is 1. The van der Waals surface area contributed by atoms with E-state index < -0.39 is 0 Å². The summed E-state index contributed by atoms with van der Waals surface area (Å²) in [6.45, 7) is 0. The molecular formula is C22H19N3O2S. The van der Waals surface area contributed by atoms with E-state index in [2.05, 4.69) is 27.4 Å². The average molecular weight is 389 g/mol. The van der Waals surface area contributed by atoms with E-state index in [0.29, 0.717) is 5.92 Å². The minimum absolute atomic E-state index is 0.0853. The van der Waals surface area contributed by atoms with Crippen molar-refractivity contribution in [2.75, 3.05) is 5.32 Å². The standard InChI is InChI=1S/C22H19N3O2S/c26-20(12-17-13-28-21(24-17)10-14-4-2-1-3-5-14)23-16-8-9-18-19(11-16)27-22(25-18)15-6-7-15/h1-5,8-9,11,13,15H,6-7,10,12H2,(H,23,26). The Labute approximate surface area is 166 Å². The summed E-state index contributed by atoms with van der Waals surface area (Å²) in [5.41, 5.74) is 4.29. The third-order valence-corrected chi connectivity index (χ3v) is 5.65. The molecule has 0 radical (unpaired) electrons. The Balaban J connectivity index is 1.23. The molecule has 1 N–H and O–H groups in total. The highest BCUT2D eigenvalue weighted by molar-refractivity contribution is 7.09. The maximum Gasteiger partial charge on any atom is 0.230 e. The zero-order chi connectivity index (χ0) is 18.9. The van der Waals surface area contributed by atoms with E-state index in [9.17, 15) is 4.79 Å². The van der Waals surface area contributed by atoms with Crippen LogP contribution in [0.1, 0.15) is 40.9 Å². The van der Waals surface area contributed by atoms with Crippen LogP contribution in [-0.4, -0.2) is 15.9 Å². The lowest BCUT2D eigenvalue weighted by molar-refractivity contribution is -0.115. The van der Waals surface area contributed by atoms with Crippen molar-refractivity contribution in [2.24, 2.45) is 0 Å². The Morgan fingerprint density at radius 2 is 2.00 bits per heavy atom. The van der Waals surface area contributed by atoms with Gasteiger partial charge in [0.25, 0.3) is 0 Å². The smallest absolute Gasteiger partial charge is 0.230 e. The molecule has 0 aliphatic heterocycles. The van der Waals surface area contributed by atoms with Crippen molar-refractivity contribution < 1.29 is 9.21 Å². The first-order chi connectivity index (χ1) is 13.7. The number of nitrogens with one attached hydrogen (secondary N) is 1. The number of benzene rings is 2. The Hall–Kier alpha value is -2.99. The minimum Gasteiger partial charge on any atom is -0.440 e. The molecule has 1 amide bonds. The SMILES string of the molecule is O=C(Cc1csc(Cc2ccccc2)n1)Nc1ccc2nc(C3CC3)oc2c1. The topological polar surface area (TPSA) is 68.0 Å². The van der Waals surface area contributed by atoms with Crippen LogP contribution in [0.15, 0.2) is 58.3 Å². The van der Waals surface area contributed by atoms with Crippen molar-refractivity contribution in [3.8, 4) is 0 Å². The lowest BCUT2D eigenvalue weighted by Gasteiger charge is -2.03. The quantitative estimate of drug-likeness (QED) is 0.507. The third kappa shape index (κ3) is 3.82. The lowest BCUT2D eigenvalue weighted by Crippen LogP contribution is -2.14. The van der Waals surface area contributed by atoms with Crippen LogP contribution in [0, 0.1) is 0 Å². The molecule has 1 aliphatic rings. The molecular weight excluding hydrogens is 370 g/mol. The zero-order valence-electron chi connectivity index (χ0n) is 15.2. The van der Waals surface area contributed by atoms with Crippen LogP contribution in [0.25, 0.3) is 11.1 Å². The third-order valence-electron chi connectivity index (χ3n) is 4.75. The molecule has 140 valence electrons. The van der Waals surface area contributed by atoms with Crippen molar-refractivity contribution in [1.82, 2.24) is 9.97 Å². The second-order valence-corrected chi connectivity index (χ2v) is 8.07. The largest absolute Gasteiger partial charge is 0.440 e. The van der Waals surface area contributed by atoms with Crippen LogP contribution in [0.3, 0.4) is 0 Å². The number of hydrogen-bond donors (Lipinski definition) is 1. The monoisotopic (exact) mass is 389 g/mol. The van der Waals surface area contributed by atoms with Crippen LogP contribution < -0.4 is 5.32 Å².